The SMILES string of the molecule is N#Cc1cc(CN2CCC3(CC2)CN(c2ncnc4ccc(CC(F)(F)F)cc24)C3)ccc1F. The summed E-state index contributed by atoms with van der Waals surface area (Å²) in [6, 6.07) is 11.2. The number of alkyl halides is 3. The Labute approximate surface area is 194 Å². The van der Waals surface area contributed by atoms with Crippen LogP contribution >= 0.6 is 0 Å². The van der Waals surface area contributed by atoms with Gasteiger partial charge in [-0.05, 0) is 61.3 Å². The van der Waals surface area contributed by atoms with Gasteiger partial charge in [-0.25, -0.2) is 14.4 Å². The molecule has 0 bridgehead atoms. The number of likely N-dealkylation sites (tertiary alicyclic amines) is 1. The molecular formula is C25H23F4N5. The Morgan fingerprint density at radius 1 is 1.00 bits per heavy atom. The molecule has 0 atom stereocenters. The minimum absolute atomic E-state index is 0.0658. The van der Waals surface area contributed by atoms with Crippen molar-refractivity contribution < 1.29 is 17.6 Å². The highest BCUT2D eigenvalue weighted by molar-refractivity contribution is 5.90. The van der Waals surface area contributed by atoms with Gasteiger partial charge in [0.2, 0.25) is 0 Å². The highest BCUT2D eigenvalue weighted by atomic mass is 19.4. The van der Waals surface area contributed by atoms with Gasteiger partial charge in [-0.3, -0.25) is 4.90 Å². The van der Waals surface area contributed by atoms with Crippen molar-refractivity contribution in [1.29, 1.82) is 5.26 Å². The van der Waals surface area contributed by atoms with E-state index >= 15 is 0 Å². The van der Waals surface area contributed by atoms with Crippen LogP contribution in [0.1, 0.15) is 29.5 Å². The first-order chi connectivity index (χ1) is 16.2. The molecule has 3 heterocycles. The normalized spacial score (nSPS) is 18.1. The molecule has 0 N–H and O–H groups in total. The lowest BCUT2D eigenvalue weighted by Crippen LogP contribution is -2.60. The van der Waals surface area contributed by atoms with E-state index < -0.39 is 18.4 Å². The number of piperidine rings is 1. The van der Waals surface area contributed by atoms with Gasteiger partial charge in [-0.15, -0.1) is 0 Å². The molecule has 2 aromatic carbocycles. The van der Waals surface area contributed by atoms with Crippen molar-refractivity contribution >= 4 is 16.7 Å². The number of hydrogen-bond donors (Lipinski definition) is 0. The number of anilines is 1. The Kier molecular flexibility index (Phi) is 5.64. The fourth-order valence-corrected chi connectivity index (χ4v) is 5.11. The van der Waals surface area contributed by atoms with E-state index in [1.165, 1.54) is 18.5 Å². The van der Waals surface area contributed by atoms with Gasteiger partial charge in [0.1, 0.15) is 24.0 Å². The van der Waals surface area contributed by atoms with Gasteiger partial charge < -0.3 is 4.90 Å². The first-order valence-electron chi connectivity index (χ1n) is 11.2. The van der Waals surface area contributed by atoms with E-state index in [2.05, 4.69) is 19.8 Å². The summed E-state index contributed by atoms with van der Waals surface area (Å²) in [5.74, 6) is 0.193. The molecular weight excluding hydrogens is 446 g/mol. The van der Waals surface area contributed by atoms with Gasteiger partial charge >= 0.3 is 6.18 Å². The van der Waals surface area contributed by atoms with Crippen LogP contribution in [0.4, 0.5) is 23.4 Å². The summed E-state index contributed by atoms with van der Waals surface area (Å²) in [5, 5.41) is 9.69. The molecule has 0 saturated carbocycles. The van der Waals surface area contributed by atoms with Gasteiger partial charge in [0.05, 0.1) is 17.5 Å². The van der Waals surface area contributed by atoms with Gasteiger partial charge in [-0.1, -0.05) is 12.1 Å². The fraction of sp³-hybridized carbons (Fsp3) is 0.400. The molecule has 5 rings (SSSR count). The van der Waals surface area contributed by atoms with E-state index in [9.17, 15) is 17.6 Å². The van der Waals surface area contributed by atoms with Crippen LogP contribution in [0, 0.1) is 22.6 Å². The standard InChI is InChI=1S/C25H23F4N5/c26-21-3-1-18(9-19(21)12-30)13-33-7-5-24(6-8-33)14-34(15-24)23-20-10-17(11-25(27,28)29)2-4-22(20)31-16-32-23/h1-4,9-10,16H,5-8,11,13-15H2. The summed E-state index contributed by atoms with van der Waals surface area (Å²) in [7, 11) is 0. The maximum absolute atomic E-state index is 13.6. The fourth-order valence-electron chi connectivity index (χ4n) is 5.11. The Morgan fingerprint density at radius 3 is 2.44 bits per heavy atom. The molecule has 0 unspecified atom stereocenters. The molecule has 2 aliphatic heterocycles. The second-order valence-electron chi connectivity index (χ2n) is 9.40. The van der Waals surface area contributed by atoms with Crippen LogP contribution in [0.15, 0.2) is 42.7 Å². The van der Waals surface area contributed by atoms with Crippen molar-refractivity contribution in [2.45, 2.75) is 32.0 Å². The van der Waals surface area contributed by atoms with Gasteiger partial charge in [0, 0.05) is 30.4 Å². The maximum Gasteiger partial charge on any atom is 0.393 e. The molecule has 1 spiro atoms. The largest absolute Gasteiger partial charge is 0.393 e. The zero-order valence-electron chi connectivity index (χ0n) is 18.4. The summed E-state index contributed by atoms with van der Waals surface area (Å²) in [6.45, 7) is 4.09. The number of hydrogen-bond acceptors (Lipinski definition) is 5. The van der Waals surface area contributed by atoms with E-state index in [0.29, 0.717) is 23.3 Å². The van der Waals surface area contributed by atoms with Crippen molar-refractivity contribution in [3.05, 3.63) is 65.2 Å². The topological polar surface area (TPSA) is 56.1 Å². The van der Waals surface area contributed by atoms with Crippen molar-refractivity contribution in [3.8, 4) is 6.07 Å². The van der Waals surface area contributed by atoms with E-state index in [1.54, 1.807) is 24.3 Å². The van der Waals surface area contributed by atoms with Crippen LogP contribution in [0.25, 0.3) is 10.9 Å². The number of fused-ring (bicyclic) bond motifs is 1. The minimum Gasteiger partial charge on any atom is -0.355 e. The molecule has 2 saturated heterocycles. The molecule has 176 valence electrons. The number of benzene rings is 2. The smallest absolute Gasteiger partial charge is 0.355 e. The van der Waals surface area contributed by atoms with Gasteiger partial charge in [0.15, 0.2) is 0 Å². The van der Waals surface area contributed by atoms with Crippen LogP contribution < -0.4 is 4.90 Å². The lowest BCUT2D eigenvalue weighted by molar-refractivity contribution is -0.127. The van der Waals surface area contributed by atoms with Crippen LogP contribution in [-0.2, 0) is 13.0 Å². The average molecular weight is 469 g/mol. The molecule has 0 radical (unpaired) electrons. The van der Waals surface area contributed by atoms with Crippen molar-refractivity contribution in [3.63, 3.8) is 0 Å². The zero-order valence-corrected chi connectivity index (χ0v) is 18.4. The van der Waals surface area contributed by atoms with E-state index in [0.717, 1.165) is 44.6 Å². The molecule has 1 aromatic heterocycles. The second-order valence-corrected chi connectivity index (χ2v) is 9.40. The van der Waals surface area contributed by atoms with Crippen molar-refractivity contribution in [2.75, 3.05) is 31.1 Å². The first-order valence-corrected chi connectivity index (χ1v) is 11.2. The van der Waals surface area contributed by atoms with Gasteiger partial charge in [0.25, 0.3) is 0 Å². The molecule has 3 aromatic rings. The average Bonchev–Trinajstić information content (AvgIpc) is 2.78. The third-order valence-electron chi connectivity index (χ3n) is 6.91. The quantitative estimate of drug-likeness (QED) is 0.512. The Balaban J connectivity index is 1.24. The zero-order chi connectivity index (χ0) is 23.9. The lowest BCUT2D eigenvalue weighted by Gasteiger charge is -2.54. The number of nitriles is 1. The van der Waals surface area contributed by atoms with Crippen molar-refractivity contribution in [1.82, 2.24) is 14.9 Å². The van der Waals surface area contributed by atoms with E-state index in [4.69, 9.17) is 5.26 Å². The van der Waals surface area contributed by atoms with E-state index in [1.807, 2.05) is 6.07 Å². The predicted octanol–water partition coefficient (Wildman–Crippen LogP) is 4.85. The first kappa shape index (κ1) is 22.5. The Hall–Kier alpha value is -3.25. The number of aromatic nitrogens is 2. The molecule has 2 fully saturated rings. The molecule has 2 aliphatic rings. The Bertz CT molecular complexity index is 1250. The number of halogens is 4. The maximum atomic E-state index is 13.6. The summed E-state index contributed by atoms with van der Waals surface area (Å²) in [4.78, 5) is 13.1. The lowest BCUT2D eigenvalue weighted by atomic mass is 9.72. The predicted molar refractivity (Wildman–Crippen MR) is 120 cm³/mol. The molecule has 9 heteroatoms. The number of nitrogens with zero attached hydrogens (tertiary/aromatic N) is 5. The minimum atomic E-state index is -4.26. The van der Waals surface area contributed by atoms with Crippen LogP contribution in [0.5, 0.6) is 0 Å². The molecule has 34 heavy (non-hydrogen) atoms. The summed E-state index contributed by atoms with van der Waals surface area (Å²) < 4.78 is 52.2. The summed E-state index contributed by atoms with van der Waals surface area (Å²) in [6.07, 6.45) is -1.77. The molecule has 5 nitrogen and oxygen atoms in total. The van der Waals surface area contributed by atoms with Crippen LogP contribution in [0.3, 0.4) is 0 Å². The van der Waals surface area contributed by atoms with Crippen LogP contribution in [-0.4, -0.2) is 47.2 Å². The Morgan fingerprint density at radius 2 is 1.74 bits per heavy atom. The summed E-state index contributed by atoms with van der Waals surface area (Å²) >= 11 is 0. The summed E-state index contributed by atoms with van der Waals surface area (Å²) in [5.41, 5.74) is 2.00. The third-order valence-corrected chi connectivity index (χ3v) is 6.91. The monoisotopic (exact) mass is 469 g/mol. The van der Waals surface area contributed by atoms with Crippen LogP contribution in [0.2, 0.25) is 0 Å². The molecule has 0 aliphatic carbocycles. The van der Waals surface area contributed by atoms with Gasteiger partial charge in [-0.2, -0.15) is 18.4 Å². The number of rotatable bonds is 4. The highest BCUT2D eigenvalue weighted by Crippen LogP contribution is 2.43. The third kappa shape index (κ3) is 4.55. The van der Waals surface area contributed by atoms with Crippen molar-refractivity contribution in [2.24, 2.45) is 5.41 Å². The van der Waals surface area contributed by atoms with E-state index in [-0.39, 0.29) is 16.5 Å². The second kappa shape index (κ2) is 8.51. The molecule has 0 amide bonds. The highest BCUT2D eigenvalue weighted by Gasteiger charge is 2.45.